The van der Waals surface area contributed by atoms with E-state index in [4.69, 9.17) is 11.6 Å². The van der Waals surface area contributed by atoms with Crippen molar-refractivity contribution in [3.63, 3.8) is 0 Å². The Bertz CT molecular complexity index is 1040. The van der Waals surface area contributed by atoms with Crippen molar-refractivity contribution in [3.05, 3.63) is 76.1 Å². The molecule has 0 aliphatic carbocycles. The number of hydrazone groups is 1. The molecule has 0 saturated carbocycles. The lowest BCUT2D eigenvalue weighted by molar-refractivity contribution is -0.137. The monoisotopic (exact) mass is 414 g/mol. The number of rotatable bonds is 4. The van der Waals surface area contributed by atoms with Crippen molar-refractivity contribution < 1.29 is 22.0 Å². The summed E-state index contributed by atoms with van der Waals surface area (Å²) in [6, 6.07) is 7.47. The zero-order valence-electron chi connectivity index (χ0n) is 14.2. The molecule has 4 nitrogen and oxygen atoms in total. The standard InChI is InChI=1S/C18H12ClF5N4/c1-10-14(9-25-26-16-6-5-12(20)8-15(16)21)17(19)28(27-10)13-4-2-3-11(7-13)18(22,23)24/h2-9,26H,1H3/b25-9+. The van der Waals surface area contributed by atoms with E-state index in [0.717, 1.165) is 22.9 Å². The summed E-state index contributed by atoms with van der Waals surface area (Å²) >= 11 is 6.24. The van der Waals surface area contributed by atoms with Crippen LogP contribution in [-0.4, -0.2) is 16.0 Å². The zero-order valence-corrected chi connectivity index (χ0v) is 15.0. The molecule has 0 aliphatic rings. The van der Waals surface area contributed by atoms with Crippen LogP contribution < -0.4 is 5.43 Å². The lowest BCUT2D eigenvalue weighted by atomic mass is 10.2. The van der Waals surface area contributed by atoms with Crippen LogP contribution in [0.25, 0.3) is 5.69 Å². The molecule has 0 atom stereocenters. The molecule has 1 N–H and O–H groups in total. The summed E-state index contributed by atoms with van der Waals surface area (Å²) in [7, 11) is 0. The van der Waals surface area contributed by atoms with E-state index in [0.29, 0.717) is 17.3 Å². The number of nitrogens with zero attached hydrogens (tertiary/aromatic N) is 3. The van der Waals surface area contributed by atoms with Gasteiger partial charge in [0.15, 0.2) is 5.82 Å². The number of aryl methyl sites for hydroxylation is 1. The second-order valence-corrected chi connectivity index (χ2v) is 6.10. The smallest absolute Gasteiger partial charge is 0.276 e. The highest BCUT2D eigenvalue weighted by atomic mass is 35.5. The van der Waals surface area contributed by atoms with Crippen LogP contribution in [0.1, 0.15) is 16.8 Å². The lowest BCUT2D eigenvalue weighted by Crippen LogP contribution is -2.06. The summed E-state index contributed by atoms with van der Waals surface area (Å²) in [5.74, 6) is -1.56. The fraction of sp³-hybridized carbons (Fsp3) is 0.111. The van der Waals surface area contributed by atoms with Crippen LogP contribution >= 0.6 is 11.6 Å². The molecule has 3 aromatic rings. The van der Waals surface area contributed by atoms with Gasteiger partial charge in [-0.05, 0) is 37.3 Å². The van der Waals surface area contributed by atoms with Crippen molar-refractivity contribution >= 4 is 23.5 Å². The molecule has 3 rings (SSSR count). The lowest BCUT2D eigenvalue weighted by Gasteiger charge is -2.09. The van der Waals surface area contributed by atoms with Crippen LogP contribution in [0.4, 0.5) is 27.6 Å². The number of hydrogen-bond acceptors (Lipinski definition) is 3. The summed E-state index contributed by atoms with van der Waals surface area (Å²) < 4.78 is 66.4. The molecule has 0 unspecified atom stereocenters. The van der Waals surface area contributed by atoms with E-state index >= 15 is 0 Å². The number of halogens is 6. The highest BCUT2D eigenvalue weighted by molar-refractivity contribution is 6.32. The molecule has 10 heteroatoms. The van der Waals surface area contributed by atoms with E-state index in [-0.39, 0.29) is 16.5 Å². The van der Waals surface area contributed by atoms with Crippen molar-refractivity contribution in [3.8, 4) is 5.69 Å². The molecule has 1 aromatic heterocycles. The second-order valence-electron chi connectivity index (χ2n) is 5.74. The van der Waals surface area contributed by atoms with Gasteiger partial charge in [-0.3, -0.25) is 5.43 Å². The number of hydrogen-bond donors (Lipinski definition) is 1. The van der Waals surface area contributed by atoms with Crippen molar-refractivity contribution in [2.24, 2.45) is 5.10 Å². The molecular weight excluding hydrogens is 403 g/mol. The third-order valence-electron chi connectivity index (χ3n) is 3.78. The van der Waals surface area contributed by atoms with Gasteiger partial charge in [-0.2, -0.15) is 23.4 Å². The maximum Gasteiger partial charge on any atom is 0.416 e. The molecule has 0 fully saturated rings. The predicted octanol–water partition coefficient (Wildman–Crippen LogP) is 5.58. The average molecular weight is 415 g/mol. The first kappa shape index (κ1) is 19.8. The summed E-state index contributed by atoms with van der Waals surface area (Å²) in [6.07, 6.45) is -3.25. The molecule has 0 amide bonds. The van der Waals surface area contributed by atoms with Gasteiger partial charge in [0, 0.05) is 6.07 Å². The number of alkyl halides is 3. The van der Waals surface area contributed by atoms with Crippen molar-refractivity contribution in [1.29, 1.82) is 0 Å². The normalized spacial score (nSPS) is 12.0. The highest BCUT2D eigenvalue weighted by Crippen LogP contribution is 2.31. The second kappa shape index (κ2) is 7.59. The first-order valence-corrected chi connectivity index (χ1v) is 8.21. The minimum absolute atomic E-state index is 0.0296. The maximum absolute atomic E-state index is 13.6. The SMILES string of the molecule is Cc1nn(-c2cccc(C(F)(F)F)c2)c(Cl)c1/C=N/Nc1ccc(F)cc1F. The zero-order chi connectivity index (χ0) is 20.5. The first-order valence-electron chi connectivity index (χ1n) is 7.83. The topological polar surface area (TPSA) is 42.2 Å². The summed E-state index contributed by atoms with van der Waals surface area (Å²) in [5, 5.41) is 8.00. The van der Waals surface area contributed by atoms with Gasteiger partial charge in [-0.1, -0.05) is 17.7 Å². The minimum Gasteiger partial charge on any atom is -0.276 e. The van der Waals surface area contributed by atoms with Crippen LogP contribution in [0.2, 0.25) is 5.15 Å². The van der Waals surface area contributed by atoms with Gasteiger partial charge in [-0.15, -0.1) is 0 Å². The Morgan fingerprint density at radius 3 is 2.57 bits per heavy atom. The quantitative estimate of drug-likeness (QED) is 0.344. The Morgan fingerprint density at radius 2 is 1.89 bits per heavy atom. The first-order chi connectivity index (χ1) is 13.2. The van der Waals surface area contributed by atoms with Crippen molar-refractivity contribution in [1.82, 2.24) is 9.78 Å². The van der Waals surface area contributed by atoms with Gasteiger partial charge in [0.2, 0.25) is 0 Å². The van der Waals surface area contributed by atoms with Crippen molar-refractivity contribution in [2.75, 3.05) is 5.43 Å². The Kier molecular flexibility index (Phi) is 5.37. The van der Waals surface area contributed by atoms with Gasteiger partial charge < -0.3 is 0 Å². The van der Waals surface area contributed by atoms with Gasteiger partial charge in [-0.25, -0.2) is 13.5 Å². The maximum atomic E-state index is 13.6. The van der Waals surface area contributed by atoms with Crippen LogP contribution in [0, 0.1) is 18.6 Å². The molecule has 0 saturated heterocycles. The van der Waals surface area contributed by atoms with E-state index in [9.17, 15) is 22.0 Å². The fourth-order valence-corrected chi connectivity index (χ4v) is 2.71. The van der Waals surface area contributed by atoms with Gasteiger partial charge in [0.05, 0.1) is 34.4 Å². The predicted molar refractivity (Wildman–Crippen MR) is 95.9 cm³/mol. The van der Waals surface area contributed by atoms with Gasteiger partial charge >= 0.3 is 6.18 Å². The highest BCUT2D eigenvalue weighted by Gasteiger charge is 2.30. The summed E-state index contributed by atoms with van der Waals surface area (Å²) in [6.45, 7) is 1.59. The van der Waals surface area contributed by atoms with Crippen LogP contribution in [0.15, 0.2) is 47.6 Å². The molecule has 0 aliphatic heterocycles. The molecule has 2 aromatic carbocycles. The van der Waals surface area contributed by atoms with Crippen LogP contribution in [-0.2, 0) is 6.18 Å². The van der Waals surface area contributed by atoms with Crippen LogP contribution in [0.5, 0.6) is 0 Å². The number of nitrogens with one attached hydrogen (secondary N) is 1. The van der Waals surface area contributed by atoms with Crippen molar-refractivity contribution in [2.45, 2.75) is 13.1 Å². The molecule has 0 radical (unpaired) electrons. The number of benzene rings is 2. The summed E-state index contributed by atoms with van der Waals surface area (Å²) in [4.78, 5) is 0. The summed E-state index contributed by atoms with van der Waals surface area (Å²) in [5.41, 5.74) is 2.36. The number of aromatic nitrogens is 2. The molecule has 28 heavy (non-hydrogen) atoms. The largest absolute Gasteiger partial charge is 0.416 e. The average Bonchev–Trinajstić information content (AvgIpc) is 2.91. The van der Waals surface area contributed by atoms with E-state index in [2.05, 4.69) is 15.6 Å². The Labute approximate surface area is 161 Å². The number of anilines is 1. The van der Waals surface area contributed by atoms with E-state index in [1.807, 2.05) is 0 Å². The Morgan fingerprint density at radius 1 is 1.14 bits per heavy atom. The minimum atomic E-state index is -4.50. The molecule has 0 bridgehead atoms. The molecule has 1 heterocycles. The third-order valence-corrected chi connectivity index (χ3v) is 4.14. The molecule has 146 valence electrons. The Hall–Kier alpha value is -2.94. The fourth-order valence-electron chi connectivity index (χ4n) is 2.39. The van der Waals surface area contributed by atoms with E-state index in [1.165, 1.54) is 24.4 Å². The molecular formula is C18H12ClF5N4. The van der Waals surface area contributed by atoms with E-state index < -0.39 is 23.4 Å². The van der Waals surface area contributed by atoms with Gasteiger partial charge in [0.25, 0.3) is 0 Å². The van der Waals surface area contributed by atoms with E-state index in [1.54, 1.807) is 6.92 Å². The molecule has 0 spiro atoms. The third kappa shape index (κ3) is 4.14. The van der Waals surface area contributed by atoms with Crippen LogP contribution in [0.3, 0.4) is 0 Å². The van der Waals surface area contributed by atoms with Gasteiger partial charge in [0.1, 0.15) is 11.0 Å². The Balaban J connectivity index is 1.88.